The van der Waals surface area contributed by atoms with Crippen LogP contribution in [0.1, 0.15) is 25.4 Å². The van der Waals surface area contributed by atoms with Crippen LogP contribution in [0.15, 0.2) is 30.3 Å². The van der Waals surface area contributed by atoms with Crippen molar-refractivity contribution in [1.82, 2.24) is 9.97 Å². The molecule has 0 bridgehead atoms. The van der Waals surface area contributed by atoms with Crippen molar-refractivity contribution in [2.24, 2.45) is 5.73 Å². The lowest BCUT2D eigenvalue weighted by atomic mass is 10.1. The van der Waals surface area contributed by atoms with Crippen molar-refractivity contribution < 1.29 is 0 Å². The van der Waals surface area contributed by atoms with E-state index in [0.717, 1.165) is 17.0 Å². The van der Waals surface area contributed by atoms with E-state index in [9.17, 15) is 0 Å². The Hall–Kier alpha value is -1.45. The van der Waals surface area contributed by atoms with E-state index < -0.39 is 5.54 Å². The van der Waals surface area contributed by atoms with Crippen LogP contribution in [0.25, 0.3) is 11.3 Å². The first-order chi connectivity index (χ1) is 8.36. The van der Waals surface area contributed by atoms with Gasteiger partial charge in [-0.25, -0.2) is 9.97 Å². The van der Waals surface area contributed by atoms with Gasteiger partial charge in [-0.1, -0.05) is 23.7 Å². The van der Waals surface area contributed by atoms with E-state index in [1.807, 2.05) is 51.1 Å². The molecule has 0 fully saturated rings. The summed E-state index contributed by atoms with van der Waals surface area (Å²) < 4.78 is 0. The molecule has 2 N–H and O–H groups in total. The van der Waals surface area contributed by atoms with E-state index in [1.165, 1.54) is 0 Å². The van der Waals surface area contributed by atoms with Crippen molar-refractivity contribution in [3.8, 4) is 11.3 Å². The Morgan fingerprint density at radius 3 is 2.28 bits per heavy atom. The maximum absolute atomic E-state index is 6.05. The zero-order valence-electron chi connectivity index (χ0n) is 10.7. The highest BCUT2D eigenvalue weighted by Crippen LogP contribution is 2.22. The second-order valence-corrected chi connectivity index (χ2v) is 5.38. The topological polar surface area (TPSA) is 51.8 Å². The molecule has 0 aliphatic heterocycles. The second-order valence-electron chi connectivity index (χ2n) is 4.95. The Kier molecular flexibility index (Phi) is 3.37. The van der Waals surface area contributed by atoms with Gasteiger partial charge in [0.1, 0.15) is 5.82 Å². The van der Waals surface area contributed by atoms with Crippen molar-refractivity contribution in [1.29, 1.82) is 0 Å². The van der Waals surface area contributed by atoms with Crippen LogP contribution in [-0.4, -0.2) is 9.97 Å². The van der Waals surface area contributed by atoms with Crippen LogP contribution in [0.3, 0.4) is 0 Å². The highest BCUT2D eigenvalue weighted by Gasteiger charge is 2.19. The summed E-state index contributed by atoms with van der Waals surface area (Å²) in [4.78, 5) is 8.91. The Bertz CT molecular complexity index is 556. The SMILES string of the molecule is Cc1cc(-c2ccc(Cl)cc2)nc(C(C)(C)N)n1. The van der Waals surface area contributed by atoms with Gasteiger partial charge in [0, 0.05) is 16.3 Å². The van der Waals surface area contributed by atoms with Gasteiger partial charge < -0.3 is 5.73 Å². The molecule has 18 heavy (non-hydrogen) atoms. The van der Waals surface area contributed by atoms with Crippen LogP contribution in [0.5, 0.6) is 0 Å². The Balaban J connectivity index is 2.52. The second kappa shape index (κ2) is 4.67. The van der Waals surface area contributed by atoms with Crippen LogP contribution in [0, 0.1) is 6.92 Å². The first-order valence-electron chi connectivity index (χ1n) is 5.77. The standard InChI is InChI=1S/C14H16ClN3/c1-9-8-12(10-4-6-11(15)7-5-10)18-13(17-9)14(2,3)16/h4-8H,16H2,1-3H3. The van der Waals surface area contributed by atoms with Gasteiger partial charge in [-0.15, -0.1) is 0 Å². The third kappa shape index (κ3) is 2.86. The Morgan fingerprint density at radius 2 is 1.72 bits per heavy atom. The number of benzene rings is 1. The van der Waals surface area contributed by atoms with Crippen LogP contribution in [0.2, 0.25) is 5.02 Å². The predicted molar refractivity (Wildman–Crippen MR) is 74.4 cm³/mol. The molecule has 2 aromatic rings. The van der Waals surface area contributed by atoms with E-state index in [1.54, 1.807) is 0 Å². The van der Waals surface area contributed by atoms with Crippen molar-refractivity contribution in [2.75, 3.05) is 0 Å². The average molecular weight is 262 g/mol. The molecule has 0 saturated heterocycles. The molecular formula is C14H16ClN3. The van der Waals surface area contributed by atoms with E-state index in [4.69, 9.17) is 17.3 Å². The molecular weight excluding hydrogens is 246 g/mol. The minimum absolute atomic E-state index is 0.548. The van der Waals surface area contributed by atoms with Crippen LogP contribution in [-0.2, 0) is 5.54 Å². The zero-order chi connectivity index (χ0) is 13.3. The number of nitrogens with two attached hydrogens (primary N) is 1. The van der Waals surface area contributed by atoms with Gasteiger partial charge in [0.25, 0.3) is 0 Å². The molecule has 0 aliphatic rings. The number of aromatic nitrogens is 2. The fraction of sp³-hybridized carbons (Fsp3) is 0.286. The maximum Gasteiger partial charge on any atom is 0.148 e. The molecule has 0 spiro atoms. The molecule has 3 nitrogen and oxygen atoms in total. The van der Waals surface area contributed by atoms with Crippen LogP contribution >= 0.6 is 11.6 Å². The normalized spacial score (nSPS) is 11.6. The van der Waals surface area contributed by atoms with Crippen molar-refractivity contribution in [2.45, 2.75) is 26.3 Å². The number of rotatable bonds is 2. The summed E-state index contributed by atoms with van der Waals surface area (Å²) in [7, 11) is 0. The molecule has 0 saturated carbocycles. The van der Waals surface area contributed by atoms with Crippen molar-refractivity contribution >= 4 is 11.6 Å². The van der Waals surface area contributed by atoms with Gasteiger partial charge in [0.05, 0.1) is 11.2 Å². The number of aryl methyl sites for hydroxylation is 1. The Labute approximate surface area is 112 Å². The van der Waals surface area contributed by atoms with Crippen LogP contribution < -0.4 is 5.73 Å². The van der Waals surface area contributed by atoms with Gasteiger partial charge >= 0.3 is 0 Å². The third-order valence-corrected chi connectivity index (χ3v) is 2.82. The Morgan fingerprint density at radius 1 is 1.11 bits per heavy atom. The molecule has 0 atom stereocenters. The fourth-order valence-electron chi connectivity index (χ4n) is 1.63. The summed E-state index contributed by atoms with van der Waals surface area (Å²) in [6.07, 6.45) is 0. The lowest BCUT2D eigenvalue weighted by molar-refractivity contribution is 0.512. The molecule has 94 valence electrons. The lowest BCUT2D eigenvalue weighted by Crippen LogP contribution is -2.31. The highest BCUT2D eigenvalue weighted by atomic mass is 35.5. The maximum atomic E-state index is 6.05. The molecule has 0 amide bonds. The minimum atomic E-state index is -0.548. The predicted octanol–water partition coefficient (Wildman–Crippen LogP) is 3.30. The van der Waals surface area contributed by atoms with Gasteiger partial charge in [-0.3, -0.25) is 0 Å². The lowest BCUT2D eigenvalue weighted by Gasteiger charge is -2.18. The zero-order valence-corrected chi connectivity index (χ0v) is 11.5. The van der Waals surface area contributed by atoms with E-state index in [2.05, 4.69) is 9.97 Å². The quantitative estimate of drug-likeness (QED) is 0.902. The molecule has 0 unspecified atom stereocenters. The van der Waals surface area contributed by atoms with Crippen molar-refractivity contribution in [3.63, 3.8) is 0 Å². The molecule has 4 heteroatoms. The molecule has 0 radical (unpaired) electrons. The van der Waals surface area contributed by atoms with E-state index >= 15 is 0 Å². The third-order valence-electron chi connectivity index (χ3n) is 2.57. The van der Waals surface area contributed by atoms with E-state index in [-0.39, 0.29) is 0 Å². The molecule has 1 heterocycles. The van der Waals surface area contributed by atoms with Gasteiger partial charge in [0.15, 0.2) is 0 Å². The number of nitrogens with zero attached hydrogens (tertiary/aromatic N) is 2. The largest absolute Gasteiger partial charge is 0.319 e. The van der Waals surface area contributed by atoms with E-state index in [0.29, 0.717) is 10.8 Å². The smallest absolute Gasteiger partial charge is 0.148 e. The summed E-state index contributed by atoms with van der Waals surface area (Å²) in [6, 6.07) is 9.52. The monoisotopic (exact) mass is 261 g/mol. The number of halogens is 1. The van der Waals surface area contributed by atoms with Gasteiger partial charge in [-0.2, -0.15) is 0 Å². The molecule has 1 aromatic heterocycles. The van der Waals surface area contributed by atoms with Gasteiger partial charge in [0.2, 0.25) is 0 Å². The summed E-state index contributed by atoms with van der Waals surface area (Å²) in [5, 5.41) is 0.712. The van der Waals surface area contributed by atoms with Crippen LogP contribution in [0.4, 0.5) is 0 Å². The first-order valence-corrected chi connectivity index (χ1v) is 6.15. The summed E-state index contributed by atoms with van der Waals surface area (Å²) in [6.45, 7) is 5.73. The fourth-order valence-corrected chi connectivity index (χ4v) is 1.75. The number of hydrogen-bond acceptors (Lipinski definition) is 3. The summed E-state index contributed by atoms with van der Waals surface area (Å²) >= 11 is 5.88. The first kappa shape index (κ1) is 13.0. The van der Waals surface area contributed by atoms with Gasteiger partial charge in [-0.05, 0) is 39.0 Å². The van der Waals surface area contributed by atoms with Crippen molar-refractivity contribution in [3.05, 3.63) is 46.9 Å². The summed E-state index contributed by atoms with van der Waals surface area (Å²) in [5.74, 6) is 0.646. The summed E-state index contributed by atoms with van der Waals surface area (Å²) in [5.41, 5.74) is 8.29. The molecule has 1 aromatic carbocycles. The average Bonchev–Trinajstić information content (AvgIpc) is 2.28. The minimum Gasteiger partial charge on any atom is -0.319 e. The highest BCUT2D eigenvalue weighted by molar-refractivity contribution is 6.30. The molecule has 0 aliphatic carbocycles. The molecule has 2 rings (SSSR count). The number of hydrogen-bond donors (Lipinski definition) is 1.